The molecule has 0 bridgehead atoms. The van der Waals surface area contributed by atoms with E-state index in [1.165, 1.54) is 44.1 Å². The Hall–Kier alpha value is -2.49. The van der Waals surface area contributed by atoms with Gasteiger partial charge in [0.25, 0.3) is 0 Å². The Kier molecular flexibility index (Phi) is 5.05. The molecule has 0 radical (unpaired) electrons. The summed E-state index contributed by atoms with van der Waals surface area (Å²) in [5.74, 6) is 0.967. The molecule has 0 saturated carbocycles. The summed E-state index contributed by atoms with van der Waals surface area (Å²) in [6, 6.07) is 19.8. The normalized spacial score (nSPS) is 16.0. The molecule has 2 heterocycles. The Morgan fingerprint density at radius 1 is 1.04 bits per heavy atom. The van der Waals surface area contributed by atoms with Crippen molar-refractivity contribution in [1.29, 1.82) is 0 Å². The van der Waals surface area contributed by atoms with Crippen LogP contribution in [0.25, 0.3) is 21.7 Å². The van der Waals surface area contributed by atoms with E-state index in [-0.39, 0.29) is 18.4 Å². The van der Waals surface area contributed by atoms with Gasteiger partial charge in [-0.05, 0) is 60.8 Å². The number of ether oxygens (including phenoxy) is 1. The van der Waals surface area contributed by atoms with Crippen LogP contribution in [-0.2, 0) is 12.8 Å². The number of halogens is 1. The average Bonchev–Trinajstić information content (AvgIpc) is 3.07. The van der Waals surface area contributed by atoms with E-state index in [0.29, 0.717) is 0 Å². The molecule has 0 amide bonds. The quantitative estimate of drug-likeness (QED) is 0.483. The van der Waals surface area contributed by atoms with Crippen LogP contribution in [0.2, 0.25) is 0 Å². The number of nitrogens with one attached hydrogen (secondary N) is 2. The van der Waals surface area contributed by atoms with Gasteiger partial charge in [-0.25, -0.2) is 0 Å². The molecule has 5 rings (SSSR count). The van der Waals surface area contributed by atoms with Gasteiger partial charge in [0.05, 0.1) is 13.2 Å². The van der Waals surface area contributed by atoms with Crippen LogP contribution in [0.1, 0.15) is 28.4 Å². The highest BCUT2D eigenvalue weighted by atomic mass is 35.5. The minimum absolute atomic E-state index is 0. The van der Waals surface area contributed by atoms with Gasteiger partial charge in [-0.2, -0.15) is 0 Å². The third-order valence-corrected chi connectivity index (χ3v) is 5.83. The summed E-state index contributed by atoms with van der Waals surface area (Å²) in [4.78, 5) is 3.70. The zero-order chi connectivity index (χ0) is 18.4. The number of fused-ring (bicyclic) bond motifs is 4. The second-order valence-corrected chi connectivity index (χ2v) is 7.49. The molecule has 1 aliphatic rings. The Balaban J connectivity index is 0.00000192. The molecular weight excluding hydrogens is 368 g/mol. The lowest BCUT2D eigenvalue weighted by Crippen LogP contribution is -2.31. The number of methoxy groups -OCH3 is 1. The van der Waals surface area contributed by atoms with Gasteiger partial charge < -0.3 is 15.0 Å². The Labute approximate surface area is 171 Å². The van der Waals surface area contributed by atoms with Gasteiger partial charge in [-0.1, -0.05) is 42.0 Å². The number of aromatic amines is 1. The average molecular weight is 393 g/mol. The van der Waals surface area contributed by atoms with Crippen LogP contribution >= 0.6 is 12.4 Å². The van der Waals surface area contributed by atoms with Crippen LogP contribution in [-0.4, -0.2) is 18.6 Å². The second-order valence-electron chi connectivity index (χ2n) is 7.49. The number of H-pyrrole nitrogens is 1. The first-order valence-corrected chi connectivity index (χ1v) is 9.63. The molecule has 0 spiro atoms. The summed E-state index contributed by atoms with van der Waals surface area (Å²) in [5.41, 5.74) is 6.63. The summed E-state index contributed by atoms with van der Waals surface area (Å²) in [6.07, 6.45) is 1.98. The van der Waals surface area contributed by atoms with E-state index in [1.807, 2.05) is 0 Å². The third-order valence-electron chi connectivity index (χ3n) is 5.83. The molecule has 1 aliphatic heterocycles. The lowest BCUT2D eigenvalue weighted by Gasteiger charge is -2.26. The fourth-order valence-corrected chi connectivity index (χ4v) is 4.52. The highest BCUT2D eigenvalue weighted by molar-refractivity contribution is 5.88. The molecule has 4 heteroatoms. The maximum atomic E-state index is 5.72. The van der Waals surface area contributed by atoms with Gasteiger partial charge in [-0.3, -0.25) is 0 Å². The van der Waals surface area contributed by atoms with Crippen LogP contribution in [0, 0.1) is 6.92 Å². The summed E-state index contributed by atoms with van der Waals surface area (Å²) in [6.45, 7) is 3.17. The van der Waals surface area contributed by atoms with Crippen LogP contribution < -0.4 is 10.1 Å². The smallest absolute Gasteiger partial charge is 0.122 e. The predicted octanol–water partition coefficient (Wildman–Crippen LogP) is 5.49. The van der Waals surface area contributed by atoms with E-state index in [9.17, 15) is 0 Å². The van der Waals surface area contributed by atoms with Gasteiger partial charge in [0.15, 0.2) is 0 Å². The summed E-state index contributed by atoms with van der Waals surface area (Å²) < 4.78 is 5.72. The van der Waals surface area contributed by atoms with E-state index < -0.39 is 0 Å². The summed E-state index contributed by atoms with van der Waals surface area (Å²) >= 11 is 0. The minimum atomic E-state index is 0. The zero-order valence-corrected chi connectivity index (χ0v) is 17.0. The van der Waals surface area contributed by atoms with E-state index >= 15 is 0 Å². The SMILES string of the molecule is COc1ccc2ccccc2c1CC1NCCc2c1[nH]c1ccc(C)cc21.Cl. The van der Waals surface area contributed by atoms with Crippen LogP contribution in [0.5, 0.6) is 5.75 Å². The van der Waals surface area contributed by atoms with E-state index in [2.05, 4.69) is 71.8 Å². The standard InChI is InChI=1S/C24H24N2O.ClH/c1-15-7-9-21-19(13-15)18-11-12-25-22(24(18)26-21)14-20-17-6-4-3-5-16(17)8-10-23(20)27-2;/h3-10,13,22,25-26H,11-12,14H2,1-2H3;1H. The van der Waals surface area contributed by atoms with Gasteiger partial charge in [-0.15, -0.1) is 12.4 Å². The lowest BCUT2D eigenvalue weighted by atomic mass is 9.92. The first-order valence-electron chi connectivity index (χ1n) is 9.63. The Morgan fingerprint density at radius 3 is 2.75 bits per heavy atom. The molecule has 1 atom stereocenters. The molecular formula is C24H25ClN2O. The predicted molar refractivity (Wildman–Crippen MR) is 119 cm³/mol. The Morgan fingerprint density at radius 2 is 1.89 bits per heavy atom. The van der Waals surface area contributed by atoms with Crippen molar-refractivity contribution >= 4 is 34.1 Å². The number of hydrogen-bond acceptors (Lipinski definition) is 2. The fourth-order valence-electron chi connectivity index (χ4n) is 4.52. The Bertz CT molecular complexity index is 1150. The molecule has 0 saturated heterocycles. The van der Waals surface area contributed by atoms with Crippen molar-refractivity contribution in [2.24, 2.45) is 0 Å². The maximum Gasteiger partial charge on any atom is 0.122 e. The molecule has 3 aromatic carbocycles. The van der Waals surface area contributed by atoms with Crippen molar-refractivity contribution < 1.29 is 4.74 Å². The largest absolute Gasteiger partial charge is 0.496 e. The van der Waals surface area contributed by atoms with Gasteiger partial charge in [0.1, 0.15) is 5.75 Å². The van der Waals surface area contributed by atoms with Crippen molar-refractivity contribution in [1.82, 2.24) is 10.3 Å². The second kappa shape index (κ2) is 7.50. The van der Waals surface area contributed by atoms with Crippen molar-refractivity contribution in [2.45, 2.75) is 25.8 Å². The highest BCUT2D eigenvalue weighted by Crippen LogP contribution is 2.36. The molecule has 3 nitrogen and oxygen atoms in total. The van der Waals surface area contributed by atoms with E-state index in [0.717, 1.165) is 25.1 Å². The molecule has 144 valence electrons. The molecule has 0 fully saturated rings. The van der Waals surface area contributed by atoms with Crippen molar-refractivity contribution in [3.8, 4) is 5.75 Å². The third kappa shape index (κ3) is 3.05. The summed E-state index contributed by atoms with van der Waals surface area (Å²) in [5, 5.41) is 7.64. The number of aromatic nitrogens is 1. The topological polar surface area (TPSA) is 37.0 Å². The number of hydrogen-bond donors (Lipinski definition) is 2. The molecule has 1 aromatic heterocycles. The van der Waals surface area contributed by atoms with Crippen LogP contribution in [0.15, 0.2) is 54.6 Å². The first-order chi connectivity index (χ1) is 13.2. The number of benzene rings is 3. The summed E-state index contributed by atoms with van der Waals surface area (Å²) in [7, 11) is 1.76. The monoisotopic (exact) mass is 392 g/mol. The van der Waals surface area contributed by atoms with Crippen molar-refractivity contribution in [3.05, 3.63) is 77.0 Å². The molecule has 2 N–H and O–H groups in total. The van der Waals surface area contributed by atoms with Crippen LogP contribution in [0.4, 0.5) is 0 Å². The van der Waals surface area contributed by atoms with Crippen molar-refractivity contribution in [2.75, 3.05) is 13.7 Å². The lowest BCUT2D eigenvalue weighted by molar-refractivity contribution is 0.404. The molecule has 28 heavy (non-hydrogen) atoms. The molecule has 1 unspecified atom stereocenters. The van der Waals surface area contributed by atoms with Crippen molar-refractivity contribution in [3.63, 3.8) is 0 Å². The maximum absolute atomic E-state index is 5.72. The molecule has 4 aromatic rings. The van der Waals surface area contributed by atoms with E-state index in [4.69, 9.17) is 4.74 Å². The van der Waals surface area contributed by atoms with Gasteiger partial charge in [0.2, 0.25) is 0 Å². The highest BCUT2D eigenvalue weighted by Gasteiger charge is 2.25. The number of aryl methyl sites for hydroxylation is 1. The van der Waals surface area contributed by atoms with Gasteiger partial charge >= 0.3 is 0 Å². The first kappa shape index (κ1) is 18.9. The minimum Gasteiger partial charge on any atom is -0.496 e. The fraction of sp³-hybridized carbons (Fsp3) is 0.250. The zero-order valence-electron chi connectivity index (χ0n) is 16.2. The van der Waals surface area contributed by atoms with Crippen LogP contribution in [0.3, 0.4) is 0 Å². The number of rotatable bonds is 3. The van der Waals surface area contributed by atoms with Gasteiger partial charge in [0, 0.05) is 22.2 Å². The van der Waals surface area contributed by atoms with E-state index in [1.54, 1.807) is 7.11 Å². The molecule has 0 aliphatic carbocycles.